The Balaban J connectivity index is 1.38. The SMILES string of the molecule is C=C(C)[C@@H]1CCC2(C(=O)OC)CC[C@]3(C)C(CCC4[C@@]5(C)C/C(=C\c6ccc(OCC)cc6)C(=O)C(C)(C)C5CC[C@]43C)C12. The van der Waals surface area contributed by atoms with Crippen LogP contribution >= 0.6 is 0 Å². The molecule has 240 valence electrons. The number of carbonyl (C=O) groups excluding carboxylic acids is 2. The van der Waals surface area contributed by atoms with Crippen molar-refractivity contribution in [3.8, 4) is 5.75 Å². The number of allylic oxidation sites excluding steroid dienone is 2. The minimum atomic E-state index is -0.397. The van der Waals surface area contributed by atoms with E-state index in [1.54, 1.807) is 7.11 Å². The van der Waals surface area contributed by atoms with Gasteiger partial charge in [-0.05, 0) is 147 Å². The number of hydrogen-bond donors (Lipinski definition) is 0. The second-order valence-electron chi connectivity index (χ2n) is 16.7. The van der Waals surface area contributed by atoms with Crippen LogP contribution in [-0.2, 0) is 14.3 Å². The quantitative estimate of drug-likeness (QED) is 0.192. The van der Waals surface area contributed by atoms with E-state index in [9.17, 15) is 9.59 Å². The summed E-state index contributed by atoms with van der Waals surface area (Å²) in [4.78, 5) is 27.7. The Hall–Kier alpha value is -2.36. The second-order valence-corrected chi connectivity index (χ2v) is 16.7. The Morgan fingerprint density at radius 3 is 2.27 bits per heavy atom. The summed E-state index contributed by atoms with van der Waals surface area (Å²) in [7, 11) is 1.58. The van der Waals surface area contributed by atoms with Crippen molar-refractivity contribution in [2.45, 2.75) is 106 Å². The van der Waals surface area contributed by atoms with E-state index in [-0.39, 0.29) is 27.6 Å². The molecule has 0 N–H and O–H groups in total. The molecule has 6 rings (SSSR count). The lowest BCUT2D eigenvalue weighted by atomic mass is 9.32. The van der Waals surface area contributed by atoms with Gasteiger partial charge in [-0.15, -0.1) is 0 Å². The van der Waals surface area contributed by atoms with Crippen LogP contribution in [-0.4, -0.2) is 25.5 Å². The van der Waals surface area contributed by atoms with Crippen LogP contribution in [0.4, 0.5) is 0 Å². The molecule has 0 heterocycles. The van der Waals surface area contributed by atoms with Crippen LogP contribution in [0.25, 0.3) is 6.08 Å². The molecule has 44 heavy (non-hydrogen) atoms. The van der Waals surface area contributed by atoms with Crippen molar-refractivity contribution in [3.05, 3.63) is 47.6 Å². The van der Waals surface area contributed by atoms with Gasteiger partial charge in [-0.3, -0.25) is 9.59 Å². The van der Waals surface area contributed by atoms with Gasteiger partial charge in [-0.25, -0.2) is 0 Å². The molecule has 0 radical (unpaired) electrons. The molecule has 5 fully saturated rings. The monoisotopic (exact) mass is 600 g/mol. The highest BCUT2D eigenvalue weighted by Crippen LogP contribution is 2.77. The number of hydrogen-bond acceptors (Lipinski definition) is 4. The molecule has 5 aliphatic rings. The number of carbonyl (C=O) groups is 2. The number of ketones is 1. The zero-order valence-electron chi connectivity index (χ0n) is 28.7. The second kappa shape index (κ2) is 10.6. The molecule has 0 bridgehead atoms. The van der Waals surface area contributed by atoms with Crippen molar-refractivity contribution in [1.82, 2.24) is 0 Å². The molecule has 0 amide bonds. The predicted molar refractivity (Wildman–Crippen MR) is 177 cm³/mol. The van der Waals surface area contributed by atoms with Gasteiger partial charge in [0.1, 0.15) is 5.75 Å². The summed E-state index contributed by atoms with van der Waals surface area (Å²) in [5.74, 6) is 3.30. The van der Waals surface area contributed by atoms with Gasteiger partial charge >= 0.3 is 5.97 Å². The minimum Gasteiger partial charge on any atom is -0.494 e. The van der Waals surface area contributed by atoms with Crippen molar-refractivity contribution < 1.29 is 19.1 Å². The minimum absolute atomic E-state index is 0.0212. The number of fused-ring (bicyclic) bond motifs is 7. The number of rotatable bonds is 5. The third-order valence-corrected chi connectivity index (χ3v) is 14.8. The van der Waals surface area contributed by atoms with E-state index in [1.165, 1.54) is 12.0 Å². The number of benzene rings is 1. The van der Waals surface area contributed by atoms with Crippen molar-refractivity contribution in [2.24, 2.45) is 56.7 Å². The maximum Gasteiger partial charge on any atom is 0.312 e. The molecular formula is C40H56O4. The fourth-order valence-electron chi connectivity index (χ4n) is 12.7. The van der Waals surface area contributed by atoms with Gasteiger partial charge in [-0.2, -0.15) is 0 Å². The summed E-state index contributed by atoms with van der Waals surface area (Å²) in [6, 6.07) is 8.19. The molecule has 5 unspecified atom stereocenters. The standard InChI is InChI=1S/C40H56O4/c1-10-44-28-13-11-26(12-14-28)23-27-24-37(6)31(36(4,5)34(27)41)18-19-39(8)32(37)16-15-30-33-29(25(2)3)17-20-40(33,35(42)43-9)22-21-38(30,39)7/h11-14,23,29-33H,2,10,15-22,24H2,1,3-9H3/b27-23+/t29-,30?,31?,32?,33?,37-,38+,39+,40?/m0/s1. The third-order valence-electron chi connectivity index (χ3n) is 14.8. The fourth-order valence-corrected chi connectivity index (χ4v) is 12.7. The summed E-state index contributed by atoms with van der Waals surface area (Å²) in [5.41, 5.74) is 2.86. The van der Waals surface area contributed by atoms with E-state index in [2.05, 4.69) is 66.3 Å². The van der Waals surface area contributed by atoms with Crippen molar-refractivity contribution in [1.29, 1.82) is 0 Å². The van der Waals surface area contributed by atoms with Gasteiger partial charge in [0.25, 0.3) is 0 Å². The Morgan fingerprint density at radius 2 is 1.64 bits per heavy atom. The van der Waals surface area contributed by atoms with E-state index < -0.39 is 5.41 Å². The van der Waals surface area contributed by atoms with Gasteiger partial charge < -0.3 is 9.47 Å². The average Bonchev–Trinajstić information content (AvgIpc) is 3.38. The number of methoxy groups -OCH3 is 1. The molecule has 1 aromatic carbocycles. The van der Waals surface area contributed by atoms with Gasteiger partial charge in [0.2, 0.25) is 0 Å². The largest absolute Gasteiger partial charge is 0.494 e. The van der Waals surface area contributed by atoms with Crippen LogP contribution in [0.5, 0.6) is 5.75 Å². The normalized spacial score (nSPS) is 43.3. The molecule has 5 aliphatic carbocycles. The zero-order chi connectivity index (χ0) is 31.9. The molecular weight excluding hydrogens is 544 g/mol. The first-order chi connectivity index (χ1) is 20.7. The third kappa shape index (κ3) is 4.20. The number of esters is 1. The highest BCUT2D eigenvalue weighted by molar-refractivity contribution is 6.04. The van der Waals surface area contributed by atoms with Crippen molar-refractivity contribution >= 4 is 17.8 Å². The maximum absolute atomic E-state index is 14.2. The molecule has 4 nitrogen and oxygen atoms in total. The van der Waals surface area contributed by atoms with Crippen LogP contribution in [0, 0.1) is 56.7 Å². The predicted octanol–water partition coefficient (Wildman–Crippen LogP) is 9.48. The van der Waals surface area contributed by atoms with Crippen molar-refractivity contribution in [3.63, 3.8) is 0 Å². The first-order valence-corrected chi connectivity index (χ1v) is 17.4. The van der Waals surface area contributed by atoms with E-state index in [4.69, 9.17) is 9.47 Å². The van der Waals surface area contributed by atoms with Crippen LogP contribution in [0.1, 0.15) is 112 Å². The summed E-state index contributed by atoms with van der Waals surface area (Å²) in [6.45, 7) is 21.5. The summed E-state index contributed by atoms with van der Waals surface area (Å²) in [6.07, 6.45) is 11.6. The first kappa shape index (κ1) is 31.6. The Kier molecular flexibility index (Phi) is 7.61. The van der Waals surface area contributed by atoms with Gasteiger partial charge in [0.15, 0.2) is 5.78 Å². The molecule has 0 aromatic heterocycles. The lowest BCUT2D eigenvalue weighted by Gasteiger charge is -2.72. The van der Waals surface area contributed by atoms with Crippen LogP contribution in [0.2, 0.25) is 0 Å². The summed E-state index contributed by atoms with van der Waals surface area (Å²) in [5, 5.41) is 0. The molecule has 0 spiro atoms. The lowest BCUT2D eigenvalue weighted by molar-refractivity contribution is -0.232. The fraction of sp³-hybridized carbons (Fsp3) is 0.700. The molecule has 0 saturated heterocycles. The van der Waals surface area contributed by atoms with E-state index in [0.717, 1.165) is 68.3 Å². The average molecular weight is 601 g/mol. The molecule has 9 atom stereocenters. The van der Waals surface area contributed by atoms with Crippen LogP contribution < -0.4 is 4.74 Å². The zero-order valence-corrected chi connectivity index (χ0v) is 28.7. The van der Waals surface area contributed by atoms with E-state index >= 15 is 0 Å². The molecule has 4 heteroatoms. The molecule has 1 aromatic rings. The van der Waals surface area contributed by atoms with Crippen LogP contribution in [0.3, 0.4) is 0 Å². The molecule has 0 aliphatic heterocycles. The highest BCUT2D eigenvalue weighted by Gasteiger charge is 2.72. The Morgan fingerprint density at radius 1 is 0.932 bits per heavy atom. The Labute approximate surface area is 266 Å². The number of Topliss-reactive ketones (excluding diaryl/α,β-unsaturated/α-hetero) is 1. The van der Waals surface area contributed by atoms with E-state index in [1.807, 2.05) is 19.1 Å². The van der Waals surface area contributed by atoms with Crippen LogP contribution in [0.15, 0.2) is 42.0 Å². The smallest absolute Gasteiger partial charge is 0.312 e. The Bertz CT molecular complexity index is 1370. The molecule has 5 saturated carbocycles. The number of ether oxygens (including phenoxy) is 2. The summed E-state index contributed by atoms with van der Waals surface area (Å²) < 4.78 is 11.2. The van der Waals surface area contributed by atoms with E-state index in [0.29, 0.717) is 42.0 Å². The summed E-state index contributed by atoms with van der Waals surface area (Å²) >= 11 is 0. The van der Waals surface area contributed by atoms with Gasteiger partial charge in [-0.1, -0.05) is 58.9 Å². The van der Waals surface area contributed by atoms with Crippen molar-refractivity contribution in [2.75, 3.05) is 13.7 Å². The topological polar surface area (TPSA) is 52.6 Å². The van der Waals surface area contributed by atoms with Gasteiger partial charge in [0, 0.05) is 5.41 Å². The maximum atomic E-state index is 14.2. The first-order valence-electron chi connectivity index (χ1n) is 17.4. The highest BCUT2D eigenvalue weighted by atomic mass is 16.5. The van der Waals surface area contributed by atoms with Gasteiger partial charge in [0.05, 0.1) is 19.1 Å². The lowest BCUT2D eigenvalue weighted by Crippen LogP contribution is -2.67.